The minimum atomic E-state index is -0.495. The molecule has 1 saturated heterocycles. The quantitative estimate of drug-likeness (QED) is 0.518. The van der Waals surface area contributed by atoms with Crippen LogP contribution in [0, 0.1) is 22.0 Å². The summed E-state index contributed by atoms with van der Waals surface area (Å²) in [5, 5.41) is 16.9. The number of benzene rings is 2. The molecular formula is C23H28N4O4. The first-order chi connectivity index (χ1) is 14.7. The molecule has 0 aliphatic carbocycles. The monoisotopic (exact) mass is 424 g/mol. The third-order valence-electron chi connectivity index (χ3n) is 5.49. The second-order valence-corrected chi connectivity index (χ2v) is 8.30. The van der Waals surface area contributed by atoms with Crippen molar-refractivity contribution in [2.24, 2.45) is 11.8 Å². The number of carbonyl (C=O) groups is 2. The maximum absolute atomic E-state index is 13.0. The molecule has 1 aliphatic rings. The van der Waals surface area contributed by atoms with E-state index >= 15 is 0 Å². The molecule has 0 radical (unpaired) electrons. The van der Waals surface area contributed by atoms with E-state index in [-0.39, 0.29) is 23.1 Å². The van der Waals surface area contributed by atoms with E-state index in [1.54, 1.807) is 30.3 Å². The van der Waals surface area contributed by atoms with Crippen molar-refractivity contribution in [3.63, 3.8) is 0 Å². The summed E-state index contributed by atoms with van der Waals surface area (Å²) in [6.45, 7) is 7.44. The molecule has 3 rings (SSSR count). The Bertz CT molecular complexity index is 964. The Morgan fingerprint density at radius 1 is 1.03 bits per heavy atom. The number of hydrogen-bond donors (Lipinski definition) is 2. The summed E-state index contributed by atoms with van der Waals surface area (Å²) < 4.78 is 0. The fraction of sp³-hybridized carbons (Fsp3) is 0.391. The van der Waals surface area contributed by atoms with Gasteiger partial charge in [0, 0.05) is 42.5 Å². The van der Waals surface area contributed by atoms with Crippen molar-refractivity contribution in [3.8, 4) is 0 Å². The molecule has 0 aromatic heterocycles. The highest BCUT2D eigenvalue weighted by molar-refractivity contribution is 6.08. The summed E-state index contributed by atoms with van der Waals surface area (Å²) in [6.07, 6.45) is 2.03. The lowest BCUT2D eigenvalue weighted by Gasteiger charge is -2.33. The third-order valence-corrected chi connectivity index (χ3v) is 5.49. The predicted octanol–water partition coefficient (Wildman–Crippen LogP) is 4.68. The van der Waals surface area contributed by atoms with Gasteiger partial charge in [0.15, 0.2) is 0 Å². The van der Waals surface area contributed by atoms with Crippen LogP contribution >= 0.6 is 0 Å². The standard InChI is InChI=1S/C23H28N4O4/c1-15(2)22(28)24-17-4-6-18(7-5-17)25-23(29)20-14-19(27(30)31)8-9-21(20)26-12-10-16(3)11-13-26/h4-9,14-16H,10-13H2,1-3H3,(H,24,28)(H,25,29). The Morgan fingerprint density at radius 2 is 1.61 bits per heavy atom. The molecule has 0 saturated carbocycles. The van der Waals surface area contributed by atoms with E-state index in [0.29, 0.717) is 23.0 Å². The fourth-order valence-electron chi connectivity index (χ4n) is 3.47. The van der Waals surface area contributed by atoms with Crippen LogP contribution in [0.15, 0.2) is 42.5 Å². The molecule has 164 valence electrons. The molecule has 0 atom stereocenters. The van der Waals surface area contributed by atoms with E-state index in [2.05, 4.69) is 22.5 Å². The number of rotatable bonds is 6. The van der Waals surface area contributed by atoms with Crippen LogP contribution < -0.4 is 15.5 Å². The van der Waals surface area contributed by atoms with Crippen molar-refractivity contribution in [2.45, 2.75) is 33.6 Å². The normalized spacial score (nSPS) is 14.4. The van der Waals surface area contributed by atoms with Crippen LogP contribution in [0.2, 0.25) is 0 Å². The van der Waals surface area contributed by atoms with Gasteiger partial charge in [-0.3, -0.25) is 19.7 Å². The zero-order valence-corrected chi connectivity index (χ0v) is 18.1. The Hall–Kier alpha value is -3.42. The van der Waals surface area contributed by atoms with Crippen LogP contribution in [0.3, 0.4) is 0 Å². The Balaban J connectivity index is 1.80. The molecular weight excluding hydrogens is 396 g/mol. The van der Waals surface area contributed by atoms with Gasteiger partial charge in [-0.05, 0) is 49.1 Å². The molecule has 0 bridgehead atoms. The summed E-state index contributed by atoms with van der Waals surface area (Å²) in [7, 11) is 0. The van der Waals surface area contributed by atoms with Crippen molar-refractivity contribution in [2.75, 3.05) is 28.6 Å². The second-order valence-electron chi connectivity index (χ2n) is 8.30. The van der Waals surface area contributed by atoms with E-state index in [1.165, 1.54) is 12.1 Å². The second kappa shape index (κ2) is 9.59. The number of piperidine rings is 1. The van der Waals surface area contributed by atoms with Crippen LogP contribution in [0.4, 0.5) is 22.7 Å². The first-order valence-corrected chi connectivity index (χ1v) is 10.5. The van der Waals surface area contributed by atoms with Crippen LogP contribution in [0.1, 0.15) is 44.0 Å². The minimum absolute atomic E-state index is 0.0890. The summed E-state index contributed by atoms with van der Waals surface area (Å²) in [6, 6.07) is 11.2. The van der Waals surface area contributed by atoms with Gasteiger partial charge in [0.05, 0.1) is 16.2 Å². The summed E-state index contributed by atoms with van der Waals surface area (Å²) in [5.74, 6) is -0.00381. The molecule has 2 aromatic carbocycles. The number of nitro benzene ring substituents is 1. The van der Waals surface area contributed by atoms with Gasteiger partial charge in [-0.25, -0.2) is 0 Å². The van der Waals surface area contributed by atoms with Gasteiger partial charge in [-0.2, -0.15) is 0 Å². The van der Waals surface area contributed by atoms with Crippen LogP contribution in [0.5, 0.6) is 0 Å². The molecule has 0 spiro atoms. The number of carbonyl (C=O) groups excluding carboxylic acids is 2. The summed E-state index contributed by atoms with van der Waals surface area (Å²) in [4.78, 5) is 37.7. The topological polar surface area (TPSA) is 105 Å². The number of nitrogens with one attached hydrogen (secondary N) is 2. The molecule has 2 N–H and O–H groups in total. The molecule has 8 heteroatoms. The summed E-state index contributed by atoms with van der Waals surface area (Å²) >= 11 is 0. The van der Waals surface area contributed by atoms with Gasteiger partial charge in [-0.1, -0.05) is 20.8 Å². The fourth-order valence-corrected chi connectivity index (χ4v) is 3.47. The SMILES string of the molecule is CC1CCN(c2ccc([N+](=O)[O-])cc2C(=O)Nc2ccc(NC(=O)C(C)C)cc2)CC1. The largest absolute Gasteiger partial charge is 0.371 e. The predicted molar refractivity (Wildman–Crippen MR) is 122 cm³/mol. The van der Waals surface area contributed by atoms with E-state index in [4.69, 9.17) is 0 Å². The van der Waals surface area contributed by atoms with Crippen LogP contribution in [-0.2, 0) is 4.79 Å². The van der Waals surface area contributed by atoms with Gasteiger partial charge in [-0.15, -0.1) is 0 Å². The zero-order valence-electron chi connectivity index (χ0n) is 18.1. The molecule has 31 heavy (non-hydrogen) atoms. The van der Waals surface area contributed by atoms with Gasteiger partial charge in [0.25, 0.3) is 11.6 Å². The first-order valence-electron chi connectivity index (χ1n) is 10.5. The smallest absolute Gasteiger partial charge is 0.270 e. The van der Waals surface area contributed by atoms with Crippen molar-refractivity contribution < 1.29 is 14.5 Å². The maximum atomic E-state index is 13.0. The lowest BCUT2D eigenvalue weighted by atomic mass is 9.98. The first kappa shape index (κ1) is 22.3. The Morgan fingerprint density at radius 3 is 2.16 bits per heavy atom. The van der Waals surface area contributed by atoms with Crippen molar-refractivity contribution in [3.05, 3.63) is 58.1 Å². The van der Waals surface area contributed by atoms with E-state index < -0.39 is 10.8 Å². The van der Waals surface area contributed by atoms with E-state index in [9.17, 15) is 19.7 Å². The summed E-state index contributed by atoms with van der Waals surface area (Å²) in [5.41, 5.74) is 2.04. The number of nitro groups is 1. The maximum Gasteiger partial charge on any atom is 0.270 e. The van der Waals surface area contributed by atoms with Gasteiger partial charge in [0.1, 0.15) is 0 Å². The molecule has 8 nitrogen and oxygen atoms in total. The van der Waals surface area contributed by atoms with Crippen LogP contribution in [0.25, 0.3) is 0 Å². The molecule has 1 heterocycles. The lowest BCUT2D eigenvalue weighted by Crippen LogP contribution is -2.34. The highest BCUT2D eigenvalue weighted by atomic mass is 16.6. The Kier molecular flexibility index (Phi) is 6.89. The van der Waals surface area contributed by atoms with Gasteiger partial charge in [0.2, 0.25) is 5.91 Å². The molecule has 0 unspecified atom stereocenters. The molecule has 2 amide bonds. The number of amides is 2. The average Bonchev–Trinajstić information content (AvgIpc) is 2.75. The van der Waals surface area contributed by atoms with Crippen molar-refractivity contribution in [1.29, 1.82) is 0 Å². The molecule has 2 aromatic rings. The highest BCUT2D eigenvalue weighted by Gasteiger charge is 2.23. The number of nitrogens with zero attached hydrogens (tertiary/aromatic N) is 2. The van der Waals surface area contributed by atoms with Crippen molar-refractivity contribution >= 4 is 34.6 Å². The zero-order chi connectivity index (χ0) is 22.5. The van der Waals surface area contributed by atoms with Crippen LogP contribution in [-0.4, -0.2) is 29.8 Å². The van der Waals surface area contributed by atoms with Gasteiger partial charge >= 0.3 is 0 Å². The lowest BCUT2D eigenvalue weighted by molar-refractivity contribution is -0.384. The number of hydrogen-bond acceptors (Lipinski definition) is 5. The average molecular weight is 425 g/mol. The van der Waals surface area contributed by atoms with Gasteiger partial charge < -0.3 is 15.5 Å². The molecule has 1 fully saturated rings. The van der Waals surface area contributed by atoms with Crippen molar-refractivity contribution in [1.82, 2.24) is 0 Å². The number of non-ortho nitro benzene ring substituents is 1. The van der Waals surface area contributed by atoms with E-state index in [0.717, 1.165) is 25.9 Å². The highest BCUT2D eigenvalue weighted by Crippen LogP contribution is 2.30. The third kappa shape index (κ3) is 5.59. The number of anilines is 3. The minimum Gasteiger partial charge on any atom is -0.371 e. The van der Waals surface area contributed by atoms with E-state index in [1.807, 2.05) is 13.8 Å². The molecule has 1 aliphatic heterocycles. The Labute approximate surface area is 181 Å².